The lowest BCUT2D eigenvalue weighted by atomic mass is 10.1. The number of likely N-dealkylation sites (tertiary alicyclic amines) is 1. The monoisotopic (exact) mass is 329 g/mol. The van der Waals surface area contributed by atoms with Crippen LogP contribution in [0.15, 0.2) is 29.2 Å². The molecule has 3 rings (SSSR count). The van der Waals surface area contributed by atoms with Crippen LogP contribution in [-0.2, 0) is 6.54 Å². The number of nitrogens with zero attached hydrogens (tertiary/aromatic N) is 3. The zero-order valence-corrected chi connectivity index (χ0v) is 13.9. The van der Waals surface area contributed by atoms with Gasteiger partial charge < -0.3 is 20.5 Å². The first-order valence-corrected chi connectivity index (χ1v) is 8.28. The molecule has 1 amide bonds. The molecular formula is C17H23N5O2. The highest BCUT2D eigenvalue weighted by Gasteiger charge is 2.16. The number of piperidine rings is 1. The molecule has 1 aliphatic heterocycles. The highest BCUT2D eigenvalue weighted by Crippen LogP contribution is 2.13. The van der Waals surface area contributed by atoms with Gasteiger partial charge in [0, 0.05) is 31.7 Å². The predicted molar refractivity (Wildman–Crippen MR) is 93.0 cm³/mol. The number of fused-ring (bicyclic) bond motifs is 1. The summed E-state index contributed by atoms with van der Waals surface area (Å²) in [5.74, 6) is -0.176. The van der Waals surface area contributed by atoms with E-state index in [1.165, 1.54) is 6.20 Å². The minimum absolute atomic E-state index is 0.148. The predicted octanol–water partition coefficient (Wildman–Crippen LogP) is 0.179. The number of benzene rings is 1. The van der Waals surface area contributed by atoms with Crippen molar-refractivity contribution in [2.45, 2.75) is 25.4 Å². The van der Waals surface area contributed by atoms with Gasteiger partial charge in [0.05, 0.1) is 17.2 Å². The SMILES string of the molecule is CNC(=O)c1ccc2ncc(=O)n(CCN3CCC(N)CC3)c2c1. The quantitative estimate of drug-likeness (QED) is 0.835. The van der Waals surface area contributed by atoms with Gasteiger partial charge in [-0.2, -0.15) is 0 Å². The number of nitrogens with one attached hydrogen (secondary N) is 1. The number of hydrogen-bond donors (Lipinski definition) is 2. The molecule has 1 aromatic carbocycles. The molecule has 0 saturated carbocycles. The van der Waals surface area contributed by atoms with E-state index in [9.17, 15) is 9.59 Å². The second-order valence-corrected chi connectivity index (χ2v) is 6.21. The molecule has 1 aromatic heterocycles. The summed E-state index contributed by atoms with van der Waals surface area (Å²) in [6.45, 7) is 3.28. The van der Waals surface area contributed by atoms with E-state index in [0.29, 0.717) is 29.2 Å². The molecular weight excluding hydrogens is 306 g/mol. The fraction of sp³-hybridized carbons (Fsp3) is 0.471. The maximum atomic E-state index is 12.3. The van der Waals surface area contributed by atoms with Gasteiger partial charge in [0.2, 0.25) is 0 Å². The van der Waals surface area contributed by atoms with E-state index in [1.54, 1.807) is 29.8 Å². The van der Waals surface area contributed by atoms with Crippen molar-refractivity contribution in [1.29, 1.82) is 0 Å². The van der Waals surface area contributed by atoms with Crippen molar-refractivity contribution in [1.82, 2.24) is 19.8 Å². The van der Waals surface area contributed by atoms with E-state index >= 15 is 0 Å². The van der Waals surface area contributed by atoms with Crippen LogP contribution in [0.2, 0.25) is 0 Å². The third-order valence-electron chi connectivity index (χ3n) is 4.61. The maximum absolute atomic E-state index is 12.3. The van der Waals surface area contributed by atoms with Gasteiger partial charge in [-0.05, 0) is 44.1 Å². The summed E-state index contributed by atoms with van der Waals surface area (Å²) in [4.78, 5) is 30.6. The van der Waals surface area contributed by atoms with Gasteiger partial charge in [0.25, 0.3) is 11.5 Å². The van der Waals surface area contributed by atoms with Gasteiger partial charge in [-0.1, -0.05) is 0 Å². The van der Waals surface area contributed by atoms with E-state index in [2.05, 4.69) is 15.2 Å². The molecule has 7 heteroatoms. The van der Waals surface area contributed by atoms with Gasteiger partial charge in [0.15, 0.2) is 0 Å². The first-order valence-electron chi connectivity index (χ1n) is 8.28. The third kappa shape index (κ3) is 3.47. The van der Waals surface area contributed by atoms with Crippen LogP contribution >= 0.6 is 0 Å². The van der Waals surface area contributed by atoms with E-state index in [-0.39, 0.29) is 11.5 Å². The average molecular weight is 329 g/mol. The number of aromatic nitrogens is 2. The number of rotatable bonds is 4. The van der Waals surface area contributed by atoms with Crippen molar-refractivity contribution in [2.24, 2.45) is 5.73 Å². The van der Waals surface area contributed by atoms with Gasteiger partial charge in [-0.25, -0.2) is 4.98 Å². The second-order valence-electron chi connectivity index (χ2n) is 6.21. The molecule has 0 bridgehead atoms. The Morgan fingerprint density at radius 1 is 1.33 bits per heavy atom. The van der Waals surface area contributed by atoms with Gasteiger partial charge in [0.1, 0.15) is 0 Å². The standard InChI is InChI=1S/C17H23N5O2/c1-19-17(24)12-2-3-14-15(10-12)22(16(23)11-20-14)9-8-21-6-4-13(18)5-7-21/h2-3,10-11,13H,4-9,18H2,1H3,(H,19,24). The molecule has 0 radical (unpaired) electrons. The number of hydrogen-bond acceptors (Lipinski definition) is 5. The summed E-state index contributed by atoms with van der Waals surface area (Å²) in [6, 6.07) is 5.51. The number of carbonyl (C=O) groups is 1. The van der Waals surface area contributed by atoms with E-state index in [4.69, 9.17) is 5.73 Å². The van der Waals surface area contributed by atoms with Crippen LogP contribution in [-0.4, -0.2) is 53.1 Å². The zero-order chi connectivity index (χ0) is 17.1. The molecule has 1 fully saturated rings. The Labute approximate surface area is 140 Å². The molecule has 2 heterocycles. The van der Waals surface area contributed by atoms with Crippen LogP contribution in [0.5, 0.6) is 0 Å². The van der Waals surface area contributed by atoms with Crippen molar-refractivity contribution < 1.29 is 4.79 Å². The Morgan fingerprint density at radius 3 is 2.79 bits per heavy atom. The topological polar surface area (TPSA) is 93.2 Å². The largest absolute Gasteiger partial charge is 0.355 e. The van der Waals surface area contributed by atoms with E-state index in [0.717, 1.165) is 32.5 Å². The van der Waals surface area contributed by atoms with Crippen molar-refractivity contribution in [3.63, 3.8) is 0 Å². The highest BCUT2D eigenvalue weighted by molar-refractivity contribution is 5.97. The minimum Gasteiger partial charge on any atom is -0.355 e. The Balaban J connectivity index is 1.86. The Morgan fingerprint density at radius 2 is 2.08 bits per heavy atom. The molecule has 0 aliphatic carbocycles. The Bertz CT molecular complexity index is 793. The van der Waals surface area contributed by atoms with Crippen LogP contribution in [0.3, 0.4) is 0 Å². The van der Waals surface area contributed by atoms with Gasteiger partial charge in [-0.15, -0.1) is 0 Å². The Kier molecular flexibility index (Phi) is 4.92. The lowest BCUT2D eigenvalue weighted by Gasteiger charge is -2.30. The average Bonchev–Trinajstić information content (AvgIpc) is 2.61. The molecule has 7 nitrogen and oxygen atoms in total. The van der Waals surface area contributed by atoms with Crippen molar-refractivity contribution >= 4 is 16.9 Å². The van der Waals surface area contributed by atoms with Gasteiger partial charge in [-0.3, -0.25) is 9.59 Å². The summed E-state index contributed by atoms with van der Waals surface area (Å²) in [6.07, 6.45) is 3.33. The second kappa shape index (κ2) is 7.11. The fourth-order valence-electron chi connectivity index (χ4n) is 3.10. The lowest BCUT2D eigenvalue weighted by molar-refractivity contribution is 0.0963. The van der Waals surface area contributed by atoms with Crippen molar-refractivity contribution in [3.05, 3.63) is 40.3 Å². The molecule has 1 aliphatic rings. The van der Waals surface area contributed by atoms with Crippen molar-refractivity contribution in [2.75, 3.05) is 26.7 Å². The van der Waals surface area contributed by atoms with E-state index in [1.807, 2.05) is 0 Å². The fourth-order valence-corrected chi connectivity index (χ4v) is 3.10. The van der Waals surface area contributed by atoms with Crippen LogP contribution in [0, 0.1) is 0 Å². The highest BCUT2D eigenvalue weighted by atomic mass is 16.1. The smallest absolute Gasteiger partial charge is 0.269 e. The normalized spacial score (nSPS) is 16.4. The molecule has 0 atom stereocenters. The first kappa shape index (κ1) is 16.6. The van der Waals surface area contributed by atoms with E-state index < -0.39 is 0 Å². The number of carbonyl (C=O) groups excluding carboxylic acids is 1. The summed E-state index contributed by atoms with van der Waals surface area (Å²) >= 11 is 0. The van der Waals surface area contributed by atoms with Crippen LogP contribution in [0.1, 0.15) is 23.2 Å². The minimum atomic E-state index is -0.176. The molecule has 1 saturated heterocycles. The van der Waals surface area contributed by atoms with Crippen molar-refractivity contribution in [3.8, 4) is 0 Å². The number of amides is 1. The van der Waals surface area contributed by atoms with Crippen LogP contribution < -0.4 is 16.6 Å². The summed E-state index contributed by atoms with van der Waals surface area (Å²) < 4.78 is 1.70. The molecule has 128 valence electrons. The first-order chi connectivity index (χ1) is 11.6. The Hall–Kier alpha value is -2.25. The van der Waals surface area contributed by atoms with Crippen LogP contribution in [0.4, 0.5) is 0 Å². The number of nitrogens with two attached hydrogens (primary N) is 1. The molecule has 3 N–H and O–H groups in total. The van der Waals surface area contributed by atoms with Gasteiger partial charge >= 0.3 is 0 Å². The molecule has 2 aromatic rings. The third-order valence-corrected chi connectivity index (χ3v) is 4.61. The summed E-state index contributed by atoms with van der Waals surface area (Å²) in [5, 5.41) is 2.60. The lowest BCUT2D eigenvalue weighted by Crippen LogP contribution is -2.41. The zero-order valence-electron chi connectivity index (χ0n) is 13.9. The molecule has 0 unspecified atom stereocenters. The molecule has 24 heavy (non-hydrogen) atoms. The summed E-state index contributed by atoms with van der Waals surface area (Å²) in [5.41, 5.74) is 7.71. The summed E-state index contributed by atoms with van der Waals surface area (Å²) in [7, 11) is 1.59. The molecule has 0 spiro atoms. The maximum Gasteiger partial charge on any atom is 0.269 e. The van der Waals surface area contributed by atoms with Crippen LogP contribution in [0.25, 0.3) is 11.0 Å².